The van der Waals surface area contributed by atoms with Crippen LogP contribution < -0.4 is 0 Å². The first-order chi connectivity index (χ1) is 14.2. The van der Waals surface area contributed by atoms with Crippen LogP contribution in [0.15, 0.2) is 48.5 Å². The molecule has 5 rings (SSSR count). The average molecular weight is 388 g/mol. The number of aromatic amines is 1. The Kier molecular flexibility index (Phi) is 4.98. The van der Waals surface area contributed by atoms with Crippen molar-refractivity contribution in [2.24, 2.45) is 0 Å². The van der Waals surface area contributed by atoms with E-state index in [1.54, 1.807) is 0 Å². The molecule has 1 fully saturated rings. The minimum Gasteiger partial charge on any atom is -0.357 e. The zero-order chi connectivity index (χ0) is 19.8. The van der Waals surface area contributed by atoms with Crippen molar-refractivity contribution in [3.8, 4) is 0 Å². The number of carbonyl (C=O) groups is 1. The number of piperazine rings is 1. The first-order valence-corrected chi connectivity index (χ1v) is 10.8. The van der Waals surface area contributed by atoms with Crippen molar-refractivity contribution >= 4 is 16.7 Å². The van der Waals surface area contributed by atoms with Crippen molar-refractivity contribution in [1.82, 2.24) is 14.8 Å². The molecule has 3 heterocycles. The third-order valence-electron chi connectivity index (χ3n) is 6.64. The van der Waals surface area contributed by atoms with Crippen molar-refractivity contribution in [2.45, 2.75) is 38.8 Å². The molecule has 0 amide bonds. The first kappa shape index (κ1) is 18.6. The van der Waals surface area contributed by atoms with Crippen molar-refractivity contribution in [1.29, 1.82) is 0 Å². The number of aryl methyl sites for hydroxylation is 1. The molecule has 0 bridgehead atoms. The normalized spacial score (nSPS) is 19.8. The quantitative estimate of drug-likeness (QED) is 0.668. The van der Waals surface area contributed by atoms with Gasteiger partial charge in [0.15, 0.2) is 5.78 Å². The summed E-state index contributed by atoms with van der Waals surface area (Å²) in [6.07, 6.45) is 2.70. The fourth-order valence-corrected chi connectivity index (χ4v) is 4.97. The van der Waals surface area contributed by atoms with E-state index in [0.717, 1.165) is 51.1 Å². The summed E-state index contributed by atoms with van der Waals surface area (Å²) in [5.74, 6) is 0.268. The summed E-state index contributed by atoms with van der Waals surface area (Å²) in [6.45, 7) is 7.43. The molecule has 3 aromatic rings. The fourth-order valence-electron chi connectivity index (χ4n) is 4.97. The fraction of sp³-hybridized carbons (Fsp3) is 0.400. The van der Waals surface area contributed by atoms with Gasteiger partial charge in [0, 0.05) is 60.8 Å². The maximum Gasteiger partial charge on any atom is 0.162 e. The number of H-pyrrole nitrogens is 1. The maximum absolute atomic E-state index is 12.4. The van der Waals surface area contributed by atoms with Crippen LogP contribution in [-0.2, 0) is 13.0 Å². The molecular weight excluding hydrogens is 358 g/mol. The van der Waals surface area contributed by atoms with E-state index in [0.29, 0.717) is 12.5 Å². The van der Waals surface area contributed by atoms with Gasteiger partial charge in [0.2, 0.25) is 0 Å². The number of nitrogens with zero attached hydrogens (tertiary/aromatic N) is 2. The SMILES string of the molecule is Cc1ccc(C(=O)CCCN2CCN3Cc4[nH]c5ccccc5c4CC3C2)cc1. The smallest absolute Gasteiger partial charge is 0.162 e. The number of para-hydroxylation sites is 1. The standard InChI is InChI=1S/C25H29N3O/c1-18-8-10-19(11-9-18)25(29)7-4-12-27-13-14-28-17-24-22(15-20(28)16-27)21-5-2-3-6-23(21)26-24/h2-3,5-6,8-11,20,26H,4,7,12-17H2,1H3. The van der Waals surface area contributed by atoms with E-state index in [2.05, 4.69) is 46.0 Å². The summed E-state index contributed by atoms with van der Waals surface area (Å²) < 4.78 is 0. The number of Topliss-reactive ketones (excluding diaryl/α,β-unsaturated/α-hetero) is 1. The zero-order valence-corrected chi connectivity index (χ0v) is 17.2. The number of carbonyl (C=O) groups excluding carboxylic acids is 1. The molecule has 0 saturated carbocycles. The molecule has 1 N–H and O–H groups in total. The van der Waals surface area contributed by atoms with Gasteiger partial charge in [-0.1, -0.05) is 48.0 Å². The van der Waals surface area contributed by atoms with Crippen LogP contribution in [0.4, 0.5) is 0 Å². The lowest BCUT2D eigenvalue weighted by Crippen LogP contribution is -2.55. The Morgan fingerprint density at radius 2 is 1.93 bits per heavy atom. The van der Waals surface area contributed by atoms with Gasteiger partial charge in [0.25, 0.3) is 0 Å². The summed E-state index contributed by atoms with van der Waals surface area (Å²) in [4.78, 5) is 21.3. The number of benzene rings is 2. The topological polar surface area (TPSA) is 39.3 Å². The lowest BCUT2D eigenvalue weighted by Gasteiger charge is -2.44. The molecule has 1 atom stereocenters. The predicted molar refractivity (Wildman–Crippen MR) is 117 cm³/mol. The summed E-state index contributed by atoms with van der Waals surface area (Å²) in [7, 11) is 0. The Balaban J connectivity index is 1.18. The number of rotatable bonds is 5. The number of hydrogen-bond acceptors (Lipinski definition) is 3. The number of ketones is 1. The van der Waals surface area contributed by atoms with Gasteiger partial charge in [-0.25, -0.2) is 0 Å². The number of hydrogen-bond donors (Lipinski definition) is 1. The van der Waals surface area contributed by atoms with E-state index < -0.39 is 0 Å². The highest BCUT2D eigenvalue weighted by Crippen LogP contribution is 2.31. The second-order valence-electron chi connectivity index (χ2n) is 8.65. The second kappa shape index (κ2) is 7.77. The molecule has 0 aliphatic carbocycles. The van der Waals surface area contributed by atoms with Crippen molar-refractivity contribution < 1.29 is 4.79 Å². The van der Waals surface area contributed by atoms with Crippen LogP contribution in [-0.4, -0.2) is 52.8 Å². The molecule has 1 unspecified atom stereocenters. The van der Waals surface area contributed by atoms with Crippen LogP contribution in [0, 0.1) is 6.92 Å². The van der Waals surface area contributed by atoms with E-state index in [4.69, 9.17) is 0 Å². The second-order valence-corrected chi connectivity index (χ2v) is 8.65. The van der Waals surface area contributed by atoms with Crippen LogP contribution in [0.1, 0.15) is 40.0 Å². The Morgan fingerprint density at radius 3 is 2.79 bits per heavy atom. The summed E-state index contributed by atoms with van der Waals surface area (Å²) in [6, 6.07) is 17.2. The molecule has 4 heteroatoms. The lowest BCUT2D eigenvalue weighted by molar-refractivity contribution is 0.0588. The lowest BCUT2D eigenvalue weighted by atomic mass is 9.94. The van der Waals surface area contributed by atoms with Gasteiger partial charge in [-0.3, -0.25) is 9.69 Å². The van der Waals surface area contributed by atoms with Crippen molar-refractivity contribution in [2.75, 3.05) is 26.2 Å². The van der Waals surface area contributed by atoms with E-state index in [-0.39, 0.29) is 5.78 Å². The van der Waals surface area contributed by atoms with Crippen molar-refractivity contribution in [3.05, 3.63) is 70.9 Å². The maximum atomic E-state index is 12.4. The van der Waals surface area contributed by atoms with Gasteiger partial charge in [0.1, 0.15) is 0 Å². The predicted octanol–water partition coefficient (Wildman–Crippen LogP) is 4.18. The summed E-state index contributed by atoms with van der Waals surface area (Å²) in [5.41, 5.74) is 6.23. The van der Waals surface area contributed by atoms with Crippen LogP contribution in [0.3, 0.4) is 0 Å². The Bertz CT molecular complexity index is 1020. The van der Waals surface area contributed by atoms with Crippen LogP contribution >= 0.6 is 0 Å². The van der Waals surface area contributed by atoms with Gasteiger partial charge >= 0.3 is 0 Å². The minimum absolute atomic E-state index is 0.268. The zero-order valence-electron chi connectivity index (χ0n) is 17.2. The van der Waals surface area contributed by atoms with Crippen LogP contribution in [0.2, 0.25) is 0 Å². The third-order valence-corrected chi connectivity index (χ3v) is 6.64. The monoisotopic (exact) mass is 387 g/mol. The molecule has 1 saturated heterocycles. The van der Waals surface area contributed by atoms with E-state index in [1.807, 2.05) is 24.3 Å². The number of aromatic nitrogens is 1. The summed E-state index contributed by atoms with van der Waals surface area (Å²) >= 11 is 0. The molecular formula is C25H29N3O. The first-order valence-electron chi connectivity index (χ1n) is 10.8. The number of fused-ring (bicyclic) bond motifs is 4. The molecule has 0 radical (unpaired) electrons. The van der Waals surface area contributed by atoms with Crippen LogP contribution in [0.5, 0.6) is 0 Å². The molecule has 4 nitrogen and oxygen atoms in total. The van der Waals surface area contributed by atoms with E-state index in [1.165, 1.54) is 27.7 Å². The molecule has 2 aromatic carbocycles. The Hall–Kier alpha value is -2.43. The summed E-state index contributed by atoms with van der Waals surface area (Å²) in [5, 5.41) is 1.39. The highest BCUT2D eigenvalue weighted by atomic mass is 16.1. The Labute approximate surface area is 172 Å². The Morgan fingerprint density at radius 1 is 1.10 bits per heavy atom. The van der Waals surface area contributed by atoms with E-state index in [9.17, 15) is 4.79 Å². The molecule has 150 valence electrons. The molecule has 1 aromatic heterocycles. The van der Waals surface area contributed by atoms with Gasteiger partial charge in [-0.2, -0.15) is 0 Å². The molecule has 0 spiro atoms. The largest absolute Gasteiger partial charge is 0.357 e. The molecule has 29 heavy (non-hydrogen) atoms. The highest BCUT2D eigenvalue weighted by molar-refractivity contribution is 5.96. The van der Waals surface area contributed by atoms with Gasteiger partial charge < -0.3 is 9.88 Å². The van der Waals surface area contributed by atoms with E-state index >= 15 is 0 Å². The molecule has 2 aliphatic heterocycles. The highest BCUT2D eigenvalue weighted by Gasteiger charge is 2.32. The minimum atomic E-state index is 0.268. The van der Waals surface area contributed by atoms with Gasteiger partial charge in [-0.05, 0) is 37.9 Å². The van der Waals surface area contributed by atoms with Crippen LogP contribution in [0.25, 0.3) is 10.9 Å². The van der Waals surface area contributed by atoms with Crippen molar-refractivity contribution in [3.63, 3.8) is 0 Å². The number of nitrogens with one attached hydrogen (secondary N) is 1. The van der Waals surface area contributed by atoms with Gasteiger partial charge in [-0.15, -0.1) is 0 Å². The third kappa shape index (κ3) is 3.75. The van der Waals surface area contributed by atoms with Gasteiger partial charge in [0.05, 0.1) is 0 Å². The average Bonchev–Trinajstić information content (AvgIpc) is 3.10. The molecule has 2 aliphatic rings.